The largest absolute Gasteiger partial charge is 0.367 e. The van der Waals surface area contributed by atoms with E-state index in [9.17, 15) is 9.59 Å². The number of hydrogen-bond donors (Lipinski definition) is 2. The molecule has 0 aromatic carbocycles. The van der Waals surface area contributed by atoms with Crippen LogP contribution in [-0.2, 0) is 9.59 Å². The smallest absolute Gasteiger partial charge is 0.254 e. The summed E-state index contributed by atoms with van der Waals surface area (Å²) in [5.74, 6) is 0.186. The van der Waals surface area contributed by atoms with Crippen LogP contribution in [-0.4, -0.2) is 32.5 Å². The molecule has 1 atom stereocenters. The Labute approximate surface area is 164 Å². The topological polar surface area (TPSA) is 112 Å². The number of nitrogens with zero attached hydrogens (tertiary/aromatic N) is 4. The number of carbonyl (C=O) groups excluding carboxylic acids is 2. The molecule has 2 fully saturated rings. The summed E-state index contributed by atoms with van der Waals surface area (Å²) >= 11 is 1.51. The van der Waals surface area contributed by atoms with E-state index in [2.05, 4.69) is 21.8 Å². The van der Waals surface area contributed by atoms with Gasteiger partial charge in [0.2, 0.25) is 5.91 Å². The number of amides is 2. The first-order valence-corrected chi connectivity index (χ1v) is 9.95. The number of aromatic nitrogens is 3. The number of allylic oxidation sites excluding steroid dienone is 2. The third-order valence-electron chi connectivity index (χ3n) is 4.90. The Bertz CT molecular complexity index is 1120. The highest BCUT2D eigenvalue weighted by molar-refractivity contribution is 8.03. The number of rotatable bonds is 4. The summed E-state index contributed by atoms with van der Waals surface area (Å²) in [4.78, 5) is 28.9. The van der Waals surface area contributed by atoms with Crippen LogP contribution in [0.2, 0.25) is 0 Å². The van der Waals surface area contributed by atoms with Crippen molar-refractivity contribution in [1.82, 2.24) is 19.9 Å². The molecule has 28 heavy (non-hydrogen) atoms. The first-order valence-electron chi connectivity index (χ1n) is 9.07. The van der Waals surface area contributed by atoms with E-state index in [1.807, 2.05) is 12.1 Å². The van der Waals surface area contributed by atoms with Crippen molar-refractivity contribution in [3.63, 3.8) is 0 Å². The Balaban J connectivity index is 1.58. The Morgan fingerprint density at radius 2 is 2.25 bits per heavy atom. The van der Waals surface area contributed by atoms with Crippen LogP contribution in [0.1, 0.15) is 42.2 Å². The third-order valence-corrected chi connectivity index (χ3v) is 6.13. The van der Waals surface area contributed by atoms with E-state index in [-0.39, 0.29) is 23.5 Å². The number of hydrogen-bond acceptors (Lipinski definition) is 7. The molecule has 2 aromatic heterocycles. The van der Waals surface area contributed by atoms with Crippen molar-refractivity contribution < 1.29 is 9.59 Å². The van der Waals surface area contributed by atoms with Gasteiger partial charge in [0.1, 0.15) is 11.9 Å². The number of nitrogens with one attached hydrogen (secondary N) is 2. The summed E-state index contributed by atoms with van der Waals surface area (Å²) in [5, 5.41) is 19.4. The molecule has 2 aliphatic heterocycles. The Morgan fingerprint density at radius 3 is 2.93 bits per heavy atom. The molecule has 1 saturated heterocycles. The molecule has 0 radical (unpaired) electrons. The molecule has 5 rings (SSSR count). The Kier molecular flexibility index (Phi) is 3.94. The molecule has 0 spiro atoms. The van der Waals surface area contributed by atoms with E-state index in [1.165, 1.54) is 11.8 Å². The molecule has 4 heterocycles. The predicted octanol–water partition coefficient (Wildman–Crippen LogP) is 2.32. The lowest BCUT2D eigenvalue weighted by Crippen LogP contribution is -2.19. The monoisotopic (exact) mass is 392 g/mol. The van der Waals surface area contributed by atoms with Gasteiger partial charge in [-0.3, -0.25) is 14.9 Å². The zero-order valence-corrected chi connectivity index (χ0v) is 15.6. The van der Waals surface area contributed by atoms with Crippen molar-refractivity contribution in [2.45, 2.75) is 37.0 Å². The summed E-state index contributed by atoms with van der Waals surface area (Å²) in [6.45, 7) is 0. The van der Waals surface area contributed by atoms with Gasteiger partial charge >= 0.3 is 0 Å². The number of nitriles is 1. The van der Waals surface area contributed by atoms with Crippen molar-refractivity contribution >= 4 is 41.1 Å². The highest BCUT2D eigenvalue weighted by atomic mass is 32.2. The molecular formula is C19H16N6O2S. The van der Waals surface area contributed by atoms with Gasteiger partial charge in [-0.05, 0) is 25.3 Å². The highest BCUT2D eigenvalue weighted by Gasteiger charge is 2.27. The Morgan fingerprint density at radius 1 is 1.39 bits per heavy atom. The lowest BCUT2D eigenvalue weighted by atomic mass is 10.1. The molecule has 3 aliphatic rings. The molecule has 140 valence electrons. The fourth-order valence-corrected chi connectivity index (χ4v) is 4.32. The first-order chi connectivity index (χ1) is 13.6. The van der Waals surface area contributed by atoms with Crippen molar-refractivity contribution in [2.75, 3.05) is 5.32 Å². The summed E-state index contributed by atoms with van der Waals surface area (Å²) in [6, 6.07) is 4.63. The van der Waals surface area contributed by atoms with E-state index in [0.29, 0.717) is 27.7 Å². The minimum absolute atomic E-state index is 0.0664. The number of anilines is 1. The van der Waals surface area contributed by atoms with Crippen molar-refractivity contribution in [1.29, 1.82) is 5.26 Å². The molecule has 1 aliphatic carbocycles. The zero-order chi connectivity index (χ0) is 19.3. The summed E-state index contributed by atoms with van der Waals surface area (Å²) in [5.41, 5.74) is 2.60. The maximum absolute atomic E-state index is 11.9. The lowest BCUT2D eigenvalue weighted by molar-refractivity contribution is -0.124. The van der Waals surface area contributed by atoms with Gasteiger partial charge in [-0.15, -0.1) is 11.8 Å². The fraction of sp³-hybridized carbons (Fsp3) is 0.316. The average Bonchev–Trinajstić information content (AvgIpc) is 3.08. The number of fused-ring (bicyclic) bond motifs is 1. The van der Waals surface area contributed by atoms with Crippen molar-refractivity contribution in [3.8, 4) is 6.07 Å². The van der Waals surface area contributed by atoms with Gasteiger partial charge in [0.05, 0.1) is 28.5 Å². The molecular weight excluding hydrogens is 376 g/mol. The maximum atomic E-state index is 11.9. The van der Waals surface area contributed by atoms with E-state index < -0.39 is 0 Å². The van der Waals surface area contributed by atoms with Gasteiger partial charge in [0, 0.05) is 23.2 Å². The van der Waals surface area contributed by atoms with Crippen molar-refractivity contribution in [3.05, 3.63) is 40.1 Å². The average molecular weight is 392 g/mol. The third kappa shape index (κ3) is 3.05. The van der Waals surface area contributed by atoms with Gasteiger partial charge in [0.25, 0.3) is 5.91 Å². The molecule has 2 N–H and O–H groups in total. The second-order valence-corrected chi connectivity index (χ2v) is 8.31. The highest BCUT2D eigenvalue weighted by Crippen LogP contribution is 2.43. The quantitative estimate of drug-likeness (QED) is 0.606. The summed E-state index contributed by atoms with van der Waals surface area (Å²) < 4.78 is 1.74. The molecule has 2 aromatic rings. The van der Waals surface area contributed by atoms with Gasteiger partial charge in [-0.2, -0.15) is 14.9 Å². The summed E-state index contributed by atoms with van der Waals surface area (Å²) in [7, 11) is 0. The molecule has 2 amide bonds. The van der Waals surface area contributed by atoms with E-state index in [4.69, 9.17) is 10.2 Å². The standard InChI is InChI=1S/C19H16N6O2S/c20-8-13-3-4-15(28-13)14-7-16(22-12-1-2-12)25-18(23-14)11(9-21-25)5-10-6-17(26)24-19(10)27/h3,5,7,9,12,15,22H,1-2,4,6H2,(H,24,26,27)/b10-5+. The molecule has 1 saturated carbocycles. The van der Waals surface area contributed by atoms with Gasteiger partial charge < -0.3 is 5.32 Å². The number of imide groups is 1. The van der Waals surface area contributed by atoms with Crippen LogP contribution in [0.5, 0.6) is 0 Å². The number of carbonyl (C=O) groups is 2. The van der Waals surface area contributed by atoms with Crippen LogP contribution >= 0.6 is 11.8 Å². The normalized spacial score (nSPS) is 23.2. The van der Waals surface area contributed by atoms with Crippen LogP contribution in [0.3, 0.4) is 0 Å². The zero-order valence-electron chi connectivity index (χ0n) is 14.8. The molecule has 0 bridgehead atoms. The fourth-order valence-electron chi connectivity index (χ4n) is 3.33. The van der Waals surface area contributed by atoms with E-state index in [1.54, 1.807) is 16.8 Å². The van der Waals surface area contributed by atoms with Crippen LogP contribution < -0.4 is 10.6 Å². The molecule has 1 unspecified atom stereocenters. The van der Waals surface area contributed by atoms with Crippen molar-refractivity contribution in [2.24, 2.45) is 0 Å². The van der Waals surface area contributed by atoms with Crippen LogP contribution in [0.15, 0.2) is 28.8 Å². The van der Waals surface area contributed by atoms with E-state index >= 15 is 0 Å². The Hall–Kier alpha value is -3.12. The molecule has 8 nitrogen and oxygen atoms in total. The second-order valence-electron chi connectivity index (χ2n) is 7.07. The SMILES string of the molecule is N#CC1=CCC(c2cc(NC3CC3)n3ncc(/C=C4\CC(=O)NC4=O)c3n2)S1. The minimum atomic E-state index is -0.369. The predicted molar refractivity (Wildman–Crippen MR) is 104 cm³/mol. The van der Waals surface area contributed by atoms with Gasteiger partial charge in [-0.1, -0.05) is 6.08 Å². The van der Waals surface area contributed by atoms with Gasteiger partial charge in [0.15, 0.2) is 5.65 Å². The second kappa shape index (κ2) is 6.49. The van der Waals surface area contributed by atoms with Crippen LogP contribution in [0.4, 0.5) is 5.82 Å². The molecule has 9 heteroatoms. The summed E-state index contributed by atoms with van der Waals surface area (Å²) in [6.07, 6.45) is 8.34. The maximum Gasteiger partial charge on any atom is 0.254 e. The lowest BCUT2D eigenvalue weighted by Gasteiger charge is -2.13. The van der Waals surface area contributed by atoms with Crippen LogP contribution in [0, 0.1) is 11.3 Å². The van der Waals surface area contributed by atoms with Crippen LogP contribution in [0.25, 0.3) is 11.7 Å². The minimum Gasteiger partial charge on any atom is -0.367 e. The first kappa shape index (κ1) is 17.0. The van der Waals surface area contributed by atoms with Gasteiger partial charge in [-0.25, -0.2) is 4.98 Å². The number of thioether (sulfide) groups is 1. The van der Waals surface area contributed by atoms with E-state index in [0.717, 1.165) is 30.8 Å².